The smallest absolute Gasteiger partial charge is 0.258 e. The molecule has 0 atom stereocenters. The van der Waals surface area contributed by atoms with Gasteiger partial charge in [-0.25, -0.2) is 0 Å². The van der Waals surface area contributed by atoms with Gasteiger partial charge in [0.15, 0.2) is 0 Å². The molecule has 1 heterocycles. The molecule has 82 valence electrons. The average Bonchev–Trinajstić information content (AvgIpc) is 2.28. The fourth-order valence-electron chi connectivity index (χ4n) is 1.87. The van der Waals surface area contributed by atoms with Crippen molar-refractivity contribution in [1.82, 2.24) is 4.98 Å². The molecule has 4 nitrogen and oxygen atoms in total. The Morgan fingerprint density at radius 1 is 1.38 bits per heavy atom. The second-order valence-electron chi connectivity index (χ2n) is 3.65. The van der Waals surface area contributed by atoms with Crippen molar-refractivity contribution in [2.45, 2.75) is 19.8 Å². The summed E-state index contributed by atoms with van der Waals surface area (Å²) in [5, 5.41) is 11.7. The van der Waals surface area contributed by atoms with Crippen molar-refractivity contribution in [3.63, 3.8) is 0 Å². The van der Waals surface area contributed by atoms with E-state index in [4.69, 9.17) is 0 Å². The number of aromatic nitrogens is 1. The lowest BCUT2D eigenvalue weighted by molar-refractivity contribution is -0.383. The maximum absolute atomic E-state index is 11.1. The van der Waals surface area contributed by atoms with E-state index >= 15 is 0 Å². The molecule has 2 aromatic rings. The summed E-state index contributed by atoms with van der Waals surface area (Å²) in [5.74, 6) is 0. The maximum atomic E-state index is 11.1. The zero-order valence-corrected chi connectivity index (χ0v) is 9.01. The van der Waals surface area contributed by atoms with E-state index in [1.165, 1.54) is 0 Å². The van der Waals surface area contributed by atoms with Gasteiger partial charge >= 0.3 is 0 Å². The standard InChI is InChI=1S/C12H12N2O2/c1-2-4-9-6-7-11-10(5-3-8-13-11)12(9)14(15)16/h3,5-8H,2,4H2,1H3. The van der Waals surface area contributed by atoms with Crippen LogP contribution in [0.2, 0.25) is 0 Å². The molecule has 16 heavy (non-hydrogen) atoms. The van der Waals surface area contributed by atoms with Crippen molar-refractivity contribution in [2.24, 2.45) is 0 Å². The molecule has 4 heteroatoms. The van der Waals surface area contributed by atoms with E-state index in [9.17, 15) is 10.1 Å². The molecule has 0 bridgehead atoms. The van der Waals surface area contributed by atoms with E-state index < -0.39 is 0 Å². The number of nitro groups is 1. The summed E-state index contributed by atoms with van der Waals surface area (Å²) in [6.07, 6.45) is 3.26. The van der Waals surface area contributed by atoms with Crippen molar-refractivity contribution in [3.8, 4) is 0 Å². The molecule has 0 saturated heterocycles. The number of fused-ring (bicyclic) bond motifs is 1. The molecule has 0 fully saturated rings. The summed E-state index contributed by atoms with van der Waals surface area (Å²) in [4.78, 5) is 14.9. The first-order valence-electron chi connectivity index (χ1n) is 5.25. The molecule has 0 spiro atoms. The van der Waals surface area contributed by atoms with Crippen LogP contribution in [0.15, 0.2) is 30.5 Å². The van der Waals surface area contributed by atoms with Crippen LogP contribution in [0, 0.1) is 10.1 Å². The largest absolute Gasteiger partial charge is 0.281 e. The number of nitrogens with zero attached hydrogens (tertiary/aromatic N) is 2. The van der Waals surface area contributed by atoms with Crippen molar-refractivity contribution in [1.29, 1.82) is 0 Å². The van der Waals surface area contributed by atoms with Crippen LogP contribution in [0.1, 0.15) is 18.9 Å². The topological polar surface area (TPSA) is 56.0 Å². The first-order valence-corrected chi connectivity index (χ1v) is 5.25. The predicted molar refractivity (Wildman–Crippen MR) is 62.4 cm³/mol. The molecule has 2 rings (SSSR count). The Kier molecular flexibility index (Phi) is 2.81. The fourth-order valence-corrected chi connectivity index (χ4v) is 1.87. The van der Waals surface area contributed by atoms with Gasteiger partial charge < -0.3 is 0 Å². The van der Waals surface area contributed by atoms with Gasteiger partial charge in [0.2, 0.25) is 0 Å². The number of aryl methyl sites for hydroxylation is 1. The van der Waals surface area contributed by atoms with Crippen LogP contribution in [0.3, 0.4) is 0 Å². The molecule has 1 aromatic carbocycles. The summed E-state index contributed by atoms with van der Waals surface area (Å²) >= 11 is 0. The van der Waals surface area contributed by atoms with Gasteiger partial charge in [-0.15, -0.1) is 0 Å². The third kappa shape index (κ3) is 1.74. The number of nitro benzene ring substituents is 1. The monoisotopic (exact) mass is 216 g/mol. The Labute approximate surface area is 93.1 Å². The molecule has 0 aliphatic rings. The number of pyridine rings is 1. The number of rotatable bonds is 3. The zero-order chi connectivity index (χ0) is 11.5. The molecule has 0 aliphatic carbocycles. The summed E-state index contributed by atoms with van der Waals surface area (Å²) in [6.45, 7) is 2.01. The second-order valence-corrected chi connectivity index (χ2v) is 3.65. The van der Waals surface area contributed by atoms with Crippen LogP contribution >= 0.6 is 0 Å². The highest BCUT2D eigenvalue weighted by atomic mass is 16.6. The summed E-state index contributed by atoms with van der Waals surface area (Å²) in [6, 6.07) is 7.12. The lowest BCUT2D eigenvalue weighted by Crippen LogP contribution is -1.97. The Balaban J connectivity index is 2.73. The molecule has 1 aromatic heterocycles. The predicted octanol–water partition coefficient (Wildman–Crippen LogP) is 3.10. The lowest BCUT2D eigenvalue weighted by Gasteiger charge is -2.04. The molecule has 0 saturated carbocycles. The Morgan fingerprint density at radius 2 is 2.19 bits per heavy atom. The number of hydrogen-bond donors (Lipinski definition) is 0. The molecule has 0 radical (unpaired) electrons. The third-order valence-electron chi connectivity index (χ3n) is 2.54. The molecular formula is C12H12N2O2. The quantitative estimate of drug-likeness (QED) is 0.585. The van der Waals surface area contributed by atoms with Crippen molar-refractivity contribution in [3.05, 3.63) is 46.1 Å². The van der Waals surface area contributed by atoms with Gasteiger partial charge in [0, 0.05) is 11.8 Å². The third-order valence-corrected chi connectivity index (χ3v) is 2.54. The van der Waals surface area contributed by atoms with Crippen LogP contribution in [-0.2, 0) is 6.42 Å². The first kappa shape index (κ1) is 10.5. The number of hydrogen-bond acceptors (Lipinski definition) is 3. The molecule has 0 amide bonds. The highest BCUT2D eigenvalue weighted by Gasteiger charge is 2.17. The highest BCUT2D eigenvalue weighted by molar-refractivity contribution is 5.89. The van der Waals surface area contributed by atoms with Crippen LogP contribution in [0.25, 0.3) is 10.9 Å². The zero-order valence-electron chi connectivity index (χ0n) is 9.01. The van der Waals surface area contributed by atoms with Crippen LogP contribution in [-0.4, -0.2) is 9.91 Å². The van der Waals surface area contributed by atoms with Gasteiger partial charge in [-0.1, -0.05) is 13.3 Å². The Morgan fingerprint density at radius 3 is 2.88 bits per heavy atom. The normalized spacial score (nSPS) is 10.6. The van der Waals surface area contributed by atoms with Crippen molar-refractivity contribution in [2.75, 3.05) is 0 Å². The van der Waals surface area contributed by atoms with Gasteiger partial charge in [-0.2, -0.15) is 0 Å². The highest BCUT2D eigenvalue weighted by Crippen LogP contribution is 2.29. The van der Waals surface area contributed by atoms with Crippen molar-refractivity contribution < 1.29 is 4.92 Å². The minimum Gasteiger partial charge on any atom is -0.258 e. The molecule has 0 N–H and O–H groups in total. The summed E-state index contributed by atoms with van der Waals surface area (Å²) in [5.41, 5.74) is 1.66. The van der Waals surface area contributed by atoms with Gasteiger partial charge in [-0.05, 0) is 30.7 Å². The minimum absolute atomic E-state index is 0.201. The SMILES string of the molecule is CCCc1ccc2ncccc2c1[N+](=O)[O-]. The molecule has 0 aliphatic heterocycles. The van der Waals surface area contributed by atoms with E-state index in [-0.39, 0.29) is 10.6 Å². The second kappa shape index (κ2) is 4.26. The number of benzene rings is 1. The molecule has 0 unspecified atom stereocenters. The van der Waals surface area contributed by atoms with E-state index in [0.29, 0.717) is 10.9 Å². The van der Waals surface area contributed by atoms with Crippen LogP contribution in [0.5, 0.6) is 0 Å². The van der Waals surface area contributed by atoms with E-state index in [2.05, 4.69) is 4.98 Å². The van der Waals surface area contributed by atoms with Gasteiger partial charge in [0.05, 0.1) is 15.8 Å². The summed E-state index contributed by atoms with van der Waals surface area (Å²) < 4.78 is 0. The minimum atomic E-state index is -0.311. The lowest BCUT2D eigenvalue weighted by atomic mass is 10.0. The summed E-state index contributed by atoms with van der Waals surface area (Å²) in [7, 11) is 0. The van der Waals surface area contributed by atoms with Crippen LogP contribution in [0.4, 0.5) is 5.69 Å². The van der Waals surface area contributed by atoms with Crippen LogP contribution < -0.4 is 0 Å². The maximum Gasteiger partial charge on any atom is 0.281 e. The van der Waals surface area contributed by atoms with Gasteiger partial charge in [0.1, 0.15) is 0 Å². The Bertz CT molecular complexity index is 538. The van der Waals surface area contributed by atoms with Gasteiger partial charge in [0.25, 0.3) is 5.69 Å². The fraction of sp³-hybridized carbons (Fsp3) is 0.250. The molecular weight excluding hydrogens is 204 g/mol. The van der Waals surface area contributed by atoms with E-state index in [0.717, 1.165) is 18.4 Å². The first-order chi connectivity index (χ1) is 7.74. The van der Waals surface area contributed by atoms with Crippen molar-refractivity contribution >= 4 is 16.6 Å². The van der Waals surface area contributed by atoms with E-state index in [1.54, 1.807) is 24.4 Å². The average molecular weight is 216 g/mol. The Hall–Kier alpha value is -1.97. The van der Waals surface area contributed by atoms with Gasteiger partial charge in [-0.3, -0.25) is 15.1 Å². The van der Waals surface area contributed by atoms with E-state index in [1.807, 2.05) is 13.0 Å².